The number of nitrogens with zero attached hydrogens (tertiary/aromatic N) is 2. The standard InChI is InChI=1S/C38H46N10O5/c1-24(49)45-31(21-28-22-42-23-44-28)37(53)47-30(20-25-12-5-2-6-13-25)36(52)46-29(18-11-19-43-38(40)41)35(51)48-33(34(39)50)32(26-14-7-3-8-15-26)27-16-9-4-10-17-27/h2-10,12-17,22-23,29-33H,11,18-21H2,1H3,(H2,39,50)(H,42,44)(H,45,49)(H,46,52)(H,47,53)(H,48,51)(H4,40,41,43)/t29-,30-,31-,33+/m0/s1. The largest absolute Gasteiger partial charge is 0.370 e. The van der Waals surface area contributed by atoms with Crippen LogP contribution >= 0.6 is 0 Å². The van der Waals surface area contributed by atoms with E-state index >= 15 is 0 Å². The number of nitrogens with one attached hydrogen (secondary N) is 5. The number of H-pyrrole nitrogens is 1. The molecule has 0 saturated carbocycles. The summed E-state index contributed by atoms with van der Waals surface area (Å²) in [6.07, 6.45) is 3.48. The Kier molecular flexibility index (Phi) is 14.7. The summed E-state index contributed by atoms with van der Waals surface area (Å²) in [6.45, 7) is 1.44. The number of imidazole rings is 1. The molecule has 0 aliphatic heterocycles. The van der Waals surface area contributed by atoms with Gasteiger partial charge in [-0.05, 0) is 29.5 Å². The lowest BCUT2D eigenvalue weighted by Crippen LogP contribution is -2.59. The van der Waals surface area contributed by atoms with E-state index in [1.165, 1.54) is 19.4 Å². The number of aliphatic imine (C=N–C) groups is 1. The number of rotatable bonds is 19. The zero-order valence-electron chi connectivity index (χ0n) is 29.4. The van der Waals surface area contributed by atoms with Gasteiger partial charge in [-0.3, -0.25) is 29.0 Å². The van der Waals surface area contributed by atoms with E-state index in [0.29, 0.717) is 5.69 Å². The van der Waals surface area contributed by atoms with Gasteiger partial charge in [-0.1, -0.05) is 91.0 Å². The maximum atomic E-state index is 14.1. The summed E-state index contributed by atoms with van der Waals surface area (Å²) in [5.74, 6) is -3.98. The zero-order chi connectivity index (χ0) is 38.2. The molecule has 15 heteroatoms. The third kappa shape index (κ3) is 12.3. The number of guanidine groups is 1. The van der Waals surface area contributed by atoms with E-state index in [-0.39, 0.29) is 38.2 Å². The molecule has 0 fully saturated rings. The number of aromatic amines is 1. The van der Waals surface area contributed by atoms with Gasteiger partial charge in [-0.2, -0.15) is 0 Å². The van der Waals surface area contributed by atoms with Crippen molar-refractivity contribution in [1.29, 1.82) is 0 Å². The molecule has 0 radical (unpaired) electrons. The molecule has 0 aliphatic rings. The normalized spacial score (nSPS) is 13.1. The predicted molar refractivity (Wildman–Crippen MR) is 200 cm³/mol. The van der Waals surface area contributed by atoms with E-state index in [4.69, 9.17) is 17.2 Å². The molecule has 11 N–H and O–H groups in total. The Balaban J connectivity index is 1.63. The van der Waals surface area contributed by atoms with Crippen molar-refractivity contribution >= 4 is 35.5 Å². The van der Waals surface area contributed by atoms with E-state index < -0.39 is 59.6 Å². The lowest BCUT2D eigenvalue weighted by Gasteiger charge is -2.29. The zero-order valence-corrected chi connectivity index (χ0v) is 29.4. The Morgan fingerprint density at radius 3 is 1.74 bits per heavy atom. The molecule has 0 spiro atoms. The van der Waals surface area contributed by atoms with Gasteiger partial charge < -0.3 is 43.5 Å². The molecular weight excluding hydrogens is 676 g/mol. The Labute approximate surface area is 307 Å². The molecule has 15 nitrogen and oxygen atoms in total. The number of primary amides is 1. The van der Waals surface area contributed by atoms with Gasteiger partial charge in [0.15, 0.2) is 5.96 Å². The van der Waals surface area contributed by atoms with Gasteiger partial charge in [0.1, 0.15) is 24.2 Å². The number of hydrogen-bond acceptors (Lipinski definition) is 7. The van der Waals surface area contributed by atoms with Crippen molar-refractivity contribution in [2.75, 3.05) is 6.54 Å². The first-order valence-electron chi connectivity index (χ1n) is 17.2. The van der Waals surface area contributed by atoms with Crippen LogP contribution in [0.1, 0.15) is 48.1 Å². The van der Waals surface area contributed by atoms with Crippen molar-refractivity contribution in [3.05, 3.63) is 126 Å². The lowest BCUT2D eigenvalue weighted by atomic mass is 9.84. The number of nitrogens with two attached hydrogens (primary N) is 3. The Morgan fingerprint density at radius 2 is 1.23 bits per heavy atom. The van der Waals surface area contributed by atoms with E-state index in [1.54, 1.807) is 24.3 Å². The van der Waals surface area contributed by atoms with Crippen LogP contribution in [-0.4, -0.2) is 76.2 Å². The van der Waals surface area contributed by atoms with Gasteiger partial charge in [-0.15, -0.1) is 0 Å². The summed E-state index contributed by atoms with van der Waals surface area (Å²) >= 11 is 0. The number of hydrogen-bond donors (Lipinski definition) is 8. The first kappa shape index (κ1) is 39.3. The summed E-state index contributed by atoms with van der Waals surface area (Å²) < 4.78 is 0. The average Bonchev–Trinajstić information content (AvgIpc) is 3.66. The van der Waals surface area contributed by atoms with Crippen molar-refractivity contribution in [1.82, 2.24) is 31.2 Å². The highest BCUT2D eigenvalue weighted by molar-refractivity contribution is 5.95. The molecule has 1 heterocycles. The molecule has 0 bridgehead atoms. The number of benzene rings is 3. The second kappa shape index (κ2) is 19.8. The van der Waals surface area contributed by atoms with E-state index in [9.17, 15) is 24.0 Å². The summed E-state index contributed by atoms with van der Waals surface area (Å²) in [6, 6.07) is 22.7. The van der Waals surface area contributed by atoms with Crippen LogP contribution in [0.2, 0.25) is 0 Å². The Morgan fingerprint density at radius 1 is 0.698 bits per heavy atom. The molecule has 278 valence electrons. The Bertz CT molecular complexity index is 1780. The van der Waals surface area contributed by atoms with Crippen LogP contribution in [0.4, 0.5) is 0 Å². The molecule has 53 heavy (non-hydrogen) atoms. The van der Waals surface area contributed by atoms with Gasteiger partial charge in [0.25, 0.3) is 0 Å². The van der Waals surface area contributed by atoms with Crippen LogP contribution in [0.3, 0.4) is 0 Å². The fourth-order valence-electron chi connectivity index (χ4n) is 5.92. The molecule has 0 saturated heterocycles. The van der Waals surface area contributed by atoms with Crippen molar-refractivity contribution in [3.8, 4) is 0 Å². The topological polar surface area (TPSA) is 253 Å². The minimum absolute atomic E-state index is 0.0611. The molecular formula is C38H46N10O5. The summed E-state index contributed by atoms with van der Waals surface area (Å²) in [4.78, 5) is 77.9. The predicted octanol–water partition coefficient (Wildman–Crippen LogP) is 0.525. The van der Waals surface area contributed by atoms with E-state index in [0.717, 1.165) is 16.7 Å². The van der Waals surface area contributed by atoms with Crippen LogP contribution in [0.15, 0.2) is 109 Å². The van der Waals surface area contributed by atoms with Gasteiger partial charge in [-0.25, -0.2) is 4.98 Å². The van der Waals surface area contributed by atoms with E-state index in [1.807, 2.05) is 66.7 Å². The van der Waals surface area contributed by atoms with Gasteiger partial charge in [0, 0.05) is 44.1 Å². The number of carbonyl (C=O) groups excluding carboxylic acids is 5. The number of aromatic nitrogens is 2. The molecule has 3 aromatic carbocycles. The molecule has 4 atom stereocenters. The third-order valence-corrected chi connectivity index (χ3v) is 8.42. The molecule has 5 amide bonds. The van der Waals surface area contributed by atoms with Gasteiger partial charge in [0.05, 0.1) is 6.33 Å². The number of amides is 5. The fraction of sp³-hybridized carbons (Fsp3) is 0.289. The van der Waals surface area contributed by atoms with Crippen molar-refractivity contribution in [2.24, 2.45) is 22.2 Å². The van der Waals surface area contributed by atoms with Crippen molar-refractivity contribution in [3.63, 3.8) is 0 Å². The molecule has 4 rings (SSSR count). The SMILES string of the molecule is CC(=O)N[C@@H](Cc1cnc[nH]1)C(=O)N[C@@H](Cc1ccccc1)C(=O)N[C@@H](CCCN=C(N)N)C(=O)N[C@@H](C(N)=O)C(c1ccccc1)c1ccccc1. The highest BCUT2D eigenvalue weighted by Crippen LogP contribution is 2.28. The quantitative estimate of drug-likeness (QED) is 0.0384. The fourth-order valence-corrected chi connectivity index (χ4v) is 5.92. The van der Waals surface area contributed by atoms with Crippen LogP contribution in [0.25, 0.3) is 0 Å². The van der Waals surface area contributed by atoms with E-state index in [2.05, 4.69) is 36.2 Å². The molecule has 0 unspecified atom stereocenters. The van der Waals surface area contributed by atoms with Gasteiger partial charge in [0.2, 0.25) is 29.5 Å². The summed E-state index contributed by atoms with van der Waals surface area (Å²) in [5, 5.41) is 11.0. The third-order valence-electron chi connectivity index (χ3n) is 8.42. The molecule has 4 aromatic rings. The lowest BCUT2D eigenvalue weighted by molar-refractivity contribution is -0.134. The summed E-state index contributed by atoms with van der Waals surface area (Å²) in [5.41, 5.74) is 19.8. The van der Waals surface area contributed by atoms with Crippen molar-refractivity contribution in [2.45, 2.75) is 62.7 Å². The van der Waals surface area contributed by atoms with Crippen molar-refractivity contribution < 1.29 is 24.0 Å². The first-order valence-corrected chi connectivity index (χ1v) is 17.2. The minimum atomic E-state index is -1.20. The second-order valence-electron chi connectivity index (χ2n) is 12.5. The average molecular weight is 723 g/mol. The summed E-state index contributed by atoms with van der Waals surface area (Å²) in [7, 11) is 0. The van der Waals surface area contributed by atoms with Gasteiger partial charge >= 0.3 is 0 Å². The number of carbonyl (C=O) groups is 5. The van der Waals surface area contributed by atoms with Crippen LogP contribution in [-0.2, 0) is 36.8 Å². The monoisotopic (exact) mass is 722 g/mol. The maximum absolute atomic E-state index is 14.1. The van der Waals surface area contributed by atoms with Crippen LogP contribution in [0.5, 0.6) is 0 Å². The van der Waals surface area contributed by atoms with Crippen LogP contribution in [0, 0.1) is 0 Å². The smallest absolute Gasteiger partial charge is 0.243 e. The highest BCUT2D eigenvalue weighted by Gasteiger charge is 2.35. The minimum Gasteiger partial charge on any atom is -0.370 e. The van der Waals surface area contributed by atoms with Crippen LogP contribution < -0.4 is 38.5 Å². The Hall–Kier alpha value is -6.51. The molecule has 1 aromatic heterocycles. The highest BCUT2D eigenvalue weighted by atomic mass is 16.2. The maximum Gasteiger partial charge on any atom is 0.243 e. The first-order chi connectivity index (χ1) is 25.5. The second-order valence-corrected chi connectivity index (χ2v) is 12.5. The molecule has 0 aliphatic carbocycles.